The van der Waals surface area contributed by atoms with Gasteiger partial charge < -0.3 is 5.32 Å². The molecule has 3 nitrogen and oxygen atoms in total. The van der Waals surface area contributed by atoms with Crippen LogP contribution in [0.25, 0.3) is 10.2 Å². The number of nitrogens with zero attached hydrogens (tertiary/aromatic N) is 2. The van der Waals surface area contributed by atoms with Crippen LogP contribution >= 0.6 is 22.9 Å². The second kappa shape index (κ2) is 5.98. The van der Waals surface area contributed by atoms with E-state index in [1.165, 1.54) is 23.5 Å². The van der Waals surface area contributed by atoms with Gasteiger partial charge in [0.1, 0.15) is 5.82 Å². The Morgan fingerprint density at radius 1 is 1.17 bits per heavy atom. The van der Waals surface area contributed by atoms with Gasteiger partial charge in [0.2, 0.25) is 5.28 Å². The average molecular weight is 358 g/mol. The fourth-order valence-electron chi connectivity index (χ4n) is 2.35. The van der Waals surface area contributed by atoms with Crippen molar-refractivity contribution in [3.63, 3.8) is 0 Å². The van der Waals surface area contributed by atoms with Crippen molar-refractivity contribution in [3.05, 3.63) is 52.1 Å². The van der Waals surface area contributed by atoms with Crippen LogP contribution in [0.1, 0.15) is 24.1 Å². The molecule has 3 aromatic rings. The second-order valence-corrected chi connectivity index (χ2v) is 6.18. The summed E-state index contributed by atoms with van der Waals surface area (Å²) in [5.74, 6) is 0.430. The predicted octanol–water partition coefficient (Wildman–Crippen LogP) is 5.54. The standard InChI is InChI=1S/C15H11ClF3N3S/c1-8(9-4-2-3-5-10(9)15(17,18)19)20-13-12-11(6-7-23-12)21-14(16)22-13/h2-8H,1H3,(H,20,21,22). The number of thiophene rings is 1. The number of fused-ring (bicyclic) bond motifs is 1. The van der Waals surface area contributed by atoms with Crippen LogP contribution in [-0.4, -0.2) is 9.97 Å². The Morgan fingerprint density at radius 3 is 2.65 bits per heavy atom. The summed E-state index contributed by atoms with van der Waals surface area (Å²) in [5.41, 5.74) is 0.149. The van der Waals surface area contributed by atoms with Crippen LogP contribution in [0.4, 0.5) is 19.0 Å². The first-order chi connectivity index (χ1) is 10.9. The lowest BCUT2D eigenvalue weighted by molar-refractivity contribution is -0.138. The quantitative estimate of drug-likeness (QED) is 0.626. The SMILES string of the molecule is CC(Nc1nc(Cl)nc2ccsc12)c1ccccc1C(F)(F)F. The highest BCUT2D eigenvalue weighted by Gasteiger charge is 2.34. The molecule has 8 heteroatoms. The molecular weight excluding hydrogens is 347 g/mol. The molecule has 0 aliphatic rings. The van der Waals surface area contributed by atoms with Crippen molar-refractivity contribution in [1.82, 2.24) is 9.97 Å². The highest BCUT2D eigenvalue weighted by molar-refractivity contribution is 7.17. The first kappa shape index (κ1) is 16.0. The highest BCUT2D eigenvalue weighted by atomic mass is 35.5. The van der Waals surface area contributed by atoms with Gasteiger partial charge in [-0.15, -0.1) is 11.3 Å². The smallest absolute Gasteiger partial charge is 0.362 e. The second-order valence-electron chi connectivity index (χ2n) is 4.93. The number of rotatable bonds is 3. The molecule has 2 heterocycles. The summed E-state index contributed by atoms with van der Waals surface area (Å²) in [4.78, 5) is 8.18. The van der Waals surface area contributed by atoms with Gasteiger partial charge in [-0.3, -0.25) is 0 Å². The van der Waals surface area contributed by atoms with Crippen molar-refractivity contribution < 1.29 is 13.2 Å². The molecule has 0 saturated heterocycles. The Bertz CT molecular complexity index is 847. The normalized spacial score (nSPS) is 13.3. The van der Waals surface area contributed by atoms with Gasteiger partial charge in [0.05, 0.1) is 21.8 Å². The molecule has 0 aliphatic heterocycles. The minimum Gasteiger partial charge on any atom is -0.362 e. The number of benzene rings is 1. The first-order valence-electron chi connectivity index (χ1n) is 6.69. The summed E-state index contributed by atoms with van der Waals surface area (Å²) in [5, 5.41) is 4.89. The van der Waals surface area contributed by atoms with E-state index in [-0.39, 0.29) is 10.8 Å². The highest BCUT2D eigenvalue weighted by Crippen LogP contribution is 2.36. The molecule has 1 unspecified atom stereocenters. The van der Waals surface area contributed by atoms with Gasteiger partial charge in [-0.25, -0.2) is 4.98 Å². The molecule has 0 saturated carbocycles. The molecule has 2 aromatic heterocycles. The average Bonchev–Trinajstić information content (AvgIpc) is 2.94. The molecule has 3 rings (SSSR count). The third-order valence-corrected chi connectivity index (χ3v) is 4.44. The maximum Gasteiger partial charge on any atom is 0.416 e. The molecule has 0 bridgehead atoms. The van der Waals surface area contributed by atoms with Crippen molar-refractivity contribution in [1.29, 1.82) is 0 Å². The maximum atomic E-state index is 13.1. The molecule has 1 atom stereocenters. The molecule has 120 valence electrons. The number of hydrogen-bond donors (Lipinski definition) is 1. The topological polar surface area (TPSA) is 37.8 Å². The summed E-state index contributed by atoms with van der Waals surface area (Å²) in [6.45, 7) is 1.65. The van der Waals surface area contributed by atoms with Crippen LogP contribution in [0, 0.1) is 0 Å². The summed E-state index contributed by atoms with van der Waals surface area (Å²) in [6.07, 6.45) is -4.41. The molecular formula is C15H11ClF3N3S. The summed E-state index contributed by atoms with van der Waals surface area (Å²) < 4.78 is 40.2. The fourth-order valence-corrected chi connectivity index (χ4v) is 3.31. The summed E-state index contributed by atoms with van der Waals surface area (Å²) >= 11 is 7.28. The zero-order valence-electron chi connectivity index (χ0n) is 11.9. The summed E-state index contributed by atoms with van der Waals surface area (Å²) in [6, 6.07) is 6.67. The molecule has 1 N–H and O–H groups in total. The van der Waals surface area contributed by atoms with Crippen molar-refractivity contribution in [2.45, 2.75) is 19.1 Å². The van der Waals surface area contributed by atoms with Crippen LogP contribution in [0.3, 0.4) is 0 Å². The van der Waals surface area contributed by atoms with E-state index in [2.05, 4.69) is 15.3 Å². The van der Waals surface area contributed by atoms with E-state index in [1.54, 1.807) is 19.1 Å². The number of nitrogens with one attached hydrogen (secondary N) is 1. The lowest BCUT2D eigenvalue weighted by atomic mass is 10.0. The van der Waals surface area contributed by atoms with Crippen LogP contribution < -0.4 is 5.32 Å². The van der Waals surface area contributed by atoms with E-state index in [1.807, 2.05) is 5.38 Å². The van der Waals surface area contributed by atoms with Crippen LogP contribution in [0.5, 0.6) is 0 Å². The first-order valence-corrected chi connectivity index (χ1v) is 7.95. The summed E-state index contributed by atoms with van der Waals surface area (Å²) in [7, 11) is 0. The molecule has 0 spiro atoms. The molecule has 0 aliphatic carbocycles. The fraction of sp³-hybridized carbons (Fsp3) is 0.200. The van der Waals surface area contributed by atoms with Gasteiger partial charge >= 0.3 is 6.18 Å². The van der Waals surface area contributed by atoms with Gasteiger partial charge in [0, 0.05) is 0 Å². The van der Waals surface area contributed by atoms with Gasteiger partial charge in [0.15, 0.2) is 0 Å². The Balaban J connectivity index is 1.99. The number of alkyl halides is 3. The Morgan fingerprint density at radius 2 is 1.91 bits per heavy atom. The Labute approximate surface area is 139 Å². The van der Waals surface area contributed by atoms with E-state index in [0.29, 0.717) is 11.3 Å². The largest absolute Gasteiger partial charge is 0.416 e. The Kier molecular flexibility index (Phi) is 4.16. The lowest BCUT2D eigenvalue weighted by Gasteiger charge is -2.20. The van der Waals surface area contributed by atoms with Crippen molar-refractivity contribution >= 4 is 39.0 Å². The van der Waals surface area contributed by atoms with Crippen LogP contribution in [0.15, 0.2) is 35.7 Å². The van der Waals surface area contributed by atoms with Crippen LogP contribution in [-0.2, 0) is 6.18 Å². The van der Waals surface area contributed by atoms with Gasteiger partial charge in [-0.05, 0) is 41.6 Å². The van der Waals surface area contributed by atoms with Gasteiger partial charge in [-0.2, -0.15) is 18.2 Å². The minimum absolute atomic E-state index is 0.0507. The third-order valence-electron chi connectivity index (χ3n) is 3.36. The third kappa shape index (κ3) is 3.25. The Hall–Kier alpha value is -1.86. The van der Waals surface area contributed by atoms with Crippen molar-refractivity contribution in [2.75, 3.05) is 5.32 Å². The van der Waals surface area contributed by atoms with Crippen LogP contribution in [0.2, 0.25) is 5.28 Å². The zero-order valence-corrected chi connectivity index (χ0v) is 13.4. The van der Waals surface area contributed by atoms with Gasteiger partial charge in [-0.1, -0.05) is 18.2 Å². The minimum atomic E-state index is -4.41. The maximum absolute atomic E-state index is 13.1. The number of halogens is 4. The van der Waals surface area contributed by atoms with Gasteiger partial charge in [0.25, 0.3) is 0 Å². The number of aromatic nitrogens is 2. The molecule has 1 aromatic carbocycles. The number of hydrogen-bond acceptors (Lipinski definition) is 4. The molecule has 0 radical (unpaired) electrons. The van der Waals surface area contributed by atoms with E-state index < -0.39 is 17.8 Å². The zero-order chi connectivity index (χ0) is 16.6. The molecule has 23 heavy (non-hydrogen) atoms. The lowest BCUT2D eigenvalue weighted by Crippen LogP contribution is -2.15. The van der Waals surface area contributed by atoms with E-state index in [0.717, 1.165) is 10.8 Å². The molecule has 0 fully saturated rings. The monoisotopic (exact) mass is 357 g/mol. The predicted molar refractivity (Wildman–Crippen MR) is 85.9 cm³/mol. The molecule has 0 amide bonds. The van der Waals surface area contributed by atoms with E-state index >= 15 is 0 Å². The van der Waals surface area contributed by atoms with E-state index in [9.17, 15) is 13.2 Å². The van der Waals surface area contributed by atoms with E-state index in [4.69, 9.17) is 11.6 Å². The van der Waals surface area contributed by atoms with Crippen molar-refractivity contribution in [3.8, 4) is 0 Å². The van der Waals surface area contributed by atoms with Crippen molar-refractivity contribution in [2.24, 2.45) is 0 Å². The number of anilines is 1.